The molecule has 0 aliphatic carbocycles. The van der Waals surface area contributed by atoms with Gasteiger partial charge in [0.1, 0.15) is 5.78 Å². The predicted octanol–water partition coefficient (Wildman–Crippen LogP) is 1.63. The lowest BCUT2D eigenvalue weighted by Gasteiger charge is -2.00. The van der Waals surface area contributed by atoms with Gasteiger partial charge >= 0.3 is 0 Å². The number of hydrogen-bond acceptors (Lipinski definition) is 5. The van der Waals surface area contributed by atoms with Crippen molar-refractivity contribution >= 4 is 17.2 Å². The Morgan fingerprint density at radius 2 is 1.88 bits per heavy atom. The van der Waals surface area contributed by atoms with Crippen molar-refractivity contribution in [1.82, 2.24) is 0 Å². The zero-order valence-corrected chi connectivity index (χ0v) is 8.37. The molecule has 0 fully saturated rings. The van der Waals surface area contributed by atoms with E-state index in [1.807, 2.05) is 0 Å². The van der Waals surface area contributed by atoms with Crippen molar-refractivity contribution in [2.24, 2.45) is 0 Å². The molecule has 16 heavy (non-hydrogen) atoms. The second kappa shape index (κ2) is 4.47. The van der Waals surface area contributed by atoms with Crippen LogP contribution >= 0.6 is 0 Å². The summed E-state index contributed by atoms with van der Waals surface area (Å²) in [5.74, 6) is -0.288. The standard InChI is InChI=1S/C9H8N2O5/c1-6(12)4-7-5-8(10(13)14)2-3-9(7)11(15)16/h2-3,5H,4H2,1H3. The number of nitro benzene ring substituents is 2. The minimum absolute atomic E-state index is 0.0618. The molecule has 0 amide bonds. The highest BCUT2D eigenvalue weighted by molar-refractivity contribution is 5.79. The summed E-state index contributed by atoms with van der Waals surface area (Å²) in [6, 6.07) is 3.14. The first-order valence-electron chi connectivity index (χ1n) is 4.33. The topological polar surface area (TPSA) is 103 Å². The molecule has 1 aromatic rings. The smallest absolute Gasteiger partial charge is 0.273 e. The molecule has 0 heterocycles. The van der Waals surface area contributed by atoms with E-state index in [-0.39, 0.29) is 29.1 Å². The Kier molecular flexibility index (Phi) is 3.29. The SMILES string of the molecule is CC(=O)Cc1cc([N+](=O)[O-])ccc1[N+](=O)[O-]. The summed E-state index contributed by atoms with van der Waals surface area (Å²) in [7, 11) is 0. The summed E-state index contributed by atoms with van der Waals surface area (Å²) < 4.78 is 0. The molecule has 7 nitrogen and oxygen atoms in total. The van der Waals surface area contributed by atoms with Crippen LogP contribution in [0.3, 0.4) is 0 Å². The molecule has 7 heteroatoms. The van der Waals surface area contributed by atoms with Crippen LogP contribution in [0.5, 0.6) is 0 Å². The Morgan fingerprint density at radius 3 is 2.31 bits per heavy atom. The summed E-state index contributed by atoms with van der Waals surface area (Å²) >= 11 is 0. The molecule has 0 unspecified atom stereocenters. The van der Waals surface area contributed by atoms with Crippen LogP contribution in [0.25, 0.3) is 0 Å². The van der Waals surface area contributed by atoms with Crippen LogP contribution in [0.1, 0.15) is 12.5 Å². The van der Waals surface area contributed by atoms with Crippen molar-refractivity contribution < 1.29 is 14.6 Å². The molecule has 1 rings (SSSR count). The lowest BCUT2D eigenvalue weighted by molar-refractivity contribution is -0.389. The van der Waals surface area contributed by atoms with Gasteiger partial charge in [-0.05, 0) is 6.92 Å². The summed E-state index contributed by atoms with van der Waals surface area (Å²) in [6.45, 7) is 1.27. The lowest BCUT2D eigenvalue weighted by Crippen LogP contribution is -2.02. The molecular weight excluding hydrogens is 216 g/mol. The van der Waals surface area contributed by atoms with Crippen LogP contribution in [-0.2, 0) is 11.2 Å². The molecule has 0 aliphatic rings. The van der Waals surface area contributed by atoms with Gasteiger partial charge in [-0.25, -0.2) is 0 Å². The normalized spacial score (nSPS) is 9.81. The minimum Gasteiger partial charge on any atom is -0.300 e. The van der Waals surface area contributed by atoms with Gasteiger partial charge in [-0.3, -0.25) is 25.0 Å². The molecule has 0 aromatic heterocycles. The van der Waals surface area contributed by atoms with Gasteiger partial charge in [0.2, 0.25) is 0 Å². The maximum Gasteiger partial charge on any atom is 0.273 e. The zero-order chi connectivity index (χ0) is 12.3. The van der Waals surface area contributed by atoms with Gasteiger partial charge in [-0.15, -0.1) is 0 Å². The second-order valence-corrected chi connectivity index (χ2v) is 3.21. The van der Waals surface area contributed by atoms with Crippen molar-refractivity contribution in [2.75, 3.05) is 0 Å². The van der Waals surface area contributed by atoms with E-state index in [0.717, 1.165) is 18.2 Å². The highest BCUT2D eigenvalue weighted by atomic mass is 16.6. The highest BCUT2D eigenvalue weighted by Gasteiger charge is 2.19. The van der Waals surface area contributed by atoms with Gasteiger partial charge in [-0.2, -0.15) is 0 Å². The predicted molar refractivity (Wildman–Crippen MR) is 54.1 cm³/mol. The molecule has 1 aromatic carbocycles. The van der Waals surface area contributed by atoms with Crippen LogP contribution in [0.2, 0.25) is 0 Å². The lowest BCUT2D eigenvalue weighted by atomic mass is 10.1. The molecule has 84 valence electrons. The summed E-state index contributed by atoms with van der Waals surface area (Å²) in [5, 5.41) is 21.1. The van der Waals surface area contributed by atoms with E-state index in [9.17, 15) is 25.0 Å². The van der Waals surface area contributed by atoms with E-state index in [1.54, 1.807) is 0 Å². The summed E-state index contributed by atoms with van der Waals surface area (Å²) in [6.07, 6.45) is -0.183. The monoisotopic (exact) mass is 224 g/mol. The van der Waals surface area contributed by atoms with Crippen LogP contribution in [0, 0.1) is 20.2 Å². The first-order valence-corrected chi connectivity index (χ1v) is 4.33. The molecule has 0 aliphatic heterocycles. The number of carbonyl (C=O) groups excluding carboxylic acids is 1. The van der Waals surface area contributed by atoms with E-state index in [4.69, 9.17) is 0 Å². The van der Waals surface area contributed by atoms with Gasteiger partial charge in [0.05, 0.1) is 9.85 Å². The van der Waals surface area contributed by atoms with Gasteiger partial charge in [0.15, 0.2) is 0 Å². The van der Waals surface area contributed by atoms with Crippen molar-refractivity contribution in [1.29, 1.82) is 0 Å². The van der Waals surface area contributed by atoms with Gasteiger partial charge in [0.25, 0.3) is 11.4 Å². The number of nitrogens with zero attached hydrogens (tertiary/aromatic N) is 2. The second-order valence-electron chi connectivity index (χ2n) is 3.21. The Labute approximate surface area is 90.0 Å². The average Bonchev–Trinajstić information content (AvgIpc) is 2.15. The number of non-ortho nitro benzene ring substituents is 1. The molecular formula is C9H8N2O5. The van der Waals surface area contributed by atoms with Crippen molar-refractivity contribution in [3.05, 3.63) is 44.0 Å². The molecule has 0 saturated heterocycles. The molecule has 0 atom stereocenters. The fourth-order valence-electron chi connectivity index (χ4n) is 1.27. The zero-order valence-electron chi connectivity index (χ0n) is 8.37. The molecule has 0 radical (unpaired) electrons. The molecule has 0 saturated carbocycles. The van der Waals surface area contributed by atoms with Crippen LogP contribution in [0.15, 0.2) is 18.2 Å². The van der Waals surface area contributed by atoms with E-state index in [0.29, 0.717) is 0 Å². The number of nitro groups is 2. The van der Waals surface area contributed by atoms with Gasteiger partial charge in [0, 0.05) is 30.2 Å². The van der Waals surface area contributed by atoms with Crippen LogP contribution < -0.4 is 0 Å². The number of carbonyl (C=O) groups is 1. The van der Waals surface area contributed by atoms with Crippen LogP contribution in [-0.4, -0.2) is 15.6 Å². The van der Waals surface area contributed by atoms with E-state index in [2.05, 4.69) is 0 Å². The van der Waals surface area contributed by atoms with E-state index < -0.39 is 9.85 Å². The van der Waals surface area contributed by atoms with Crippen LogP contribution in [0.4, 0.5) is 11.4 Å². The third kappa shape index (κ3) is 2.59. The van der Waals surface area contributed by atoms with E-state index in [1.165, 1.54) is 6.92 Å². The quantitative estimate of drug-likeness (QED) is 0.571. The maximum atomic E-state index is 10.9. The number of Topliss-reactive ketones (excluding diaryl/α,β-unsaturated/α-hetero) is 1. The van der Waals surface area contributed by atoms with Gasteiger partial charge < -0.3 is 0 Å². The van der Waals surface area contributed by atoms with E-state index >= 15 is 0 Å². The molecule has 0 N–H and O–H groups in total. The Morgan fingerprint density at radius 1 is 1.25 bits per heavy atom. The third-order valence-corrected chi connectivity index (χ3v) is 1.91. The third-order valence-electron chi connectivity index (χ3n) is 1.91. The highest BCUT2D eigenvalue weighted by Crippen LogP contribution is 2.24. The van der Waals surface area contributed by atoms with Gasteiger partial charge in [-0.1, -0.05) is 0 Å². The minimum atomic E-state index is -0.665. The number of hydrogen-bond donors (Lipinski definition) is 0. The Bertz CT molecular complexity index is 469. The fourth-order valence-corrected chi connectivity index (χ4v) is 1.27. The number of benzene rings is 1. The fraction of sp³-hybridized carbons (Fsp3) is 0.222. The Balaban J connectivity index is 3.26. The first-order chi connectivity index (χ1) is 7.41. The Hall–Kier alpha value is -2.31. The summed E-state index contributed by atoms with van der Waals surface area (Å²) in [4.78, 5) is 30.6. The number of rotatable bonds is 4. The summed E-state index contributed by atoms with van der Waals surface area (Å²) in [5.41, 5.74) is -0.477. The van der Waals surface area contributed by atoms with Crippen molar-refractivity contribution in [3.8, 4) is 0 Å². The average molecular weight is 224 g/mol. The van der Waals surface area contributed by atoms with Crippen molar-refractivity contribution in [3.63, 3.8) is 0 Å². The number of ketones is 1. The molecule has 0 bridgehead atoms. The largest absolute Gasteiger partial charge is 0.300 e. The molecule has 0 spiro atoms. The maximum absolute atomic E-state index is 10.9. The van der Waals surface area contributed by atoms with Crippen molar-refractivity contribution in [2.45, 2.75) is 13.3 Å². The first kappa shape index (κ1) is 11.8.